The van der Waals surface area contributed by atoms with Crippen molar-refractivity contribution in [1.82, 2.24) is 19.6 Å². The normalized spacial score (nSPS) is 11.8. The Morgan fingerprint density at radius 1 is 1.19 bits per heavy atom. The number of hydrogen-bond donors (Lipinski definition) is 2. The highest BCUT2D eigenvalue weighted by Crippen LogP contribution is 2.18. The topological polar surface area (TPSA) is 95.2 Å². The highest BCUT2D eigenvalue weighted by molar-refractivity contribution is 7.88. The van der Waals surface area contributed by atoms with Crippen molar-refractivity contribution < 1.29 is 13.2 Å². The van der Waals surface area contributed by atoms with Crippen molar-refractivity contribution in [1.29, 1.82) is 0 Å². The first kappa shape index (κ1) is 19.1. The van der Waals surface area contributed by atoms with Gasteiger partial charge < -0.3 is 10.3 Å². The molecule has 0 bridgehead atoms. The average Bonchev–Trinajstić information content (AvgIpc) is 3.06. The molecule has 8 heteroatoms. The molecule has 0 saturated carbocycles. The van der Waals surface area contributed by atoms with Crippen LogP contribution in [0.1, 0.15) is 11.3 Å². The maximum Gasteiger partial charge on any atom is 0.235 e. The summed E-state index contributed by atoms with van der Waals surface area (Å²) in [5.41, 5.74) is 2.75. The van der Waals surface area contributed by atoms with Crippen LogP contribution in [0.3, 0.4) is 0 Å². The number of sulfonamides is 1. The summed E-state index contributed by atoms with van der Waals surface area (Å²) in [5.74, 6) is -0.356. The second-order valence-corrected chi connectivity index (χ2v) is 8.29. The van der Waals surface area contributed by atoms with Gasteiger partial charge in [0.25, 0.3) is 0 Å². The molecule has 0 atom stereocenters. The van der Waals surface area contributed by atoms with E-state index in [4.69, 9.17) is 0 Å². The van der Waals surface area contributed by atoms with Gasteiger partial charge in [-0.1, -0.05) is 24.3 Å². The van der Waals surface area contributed by atoms with E-state index in [1.165, 1.54) is 4.31 Å². The van der Waals surface area contributed by atoms with Gasteiger partial charge in [-0.3, -0.25) is 9.78 Å². The molecule has 2 heterocycles. The Morgan fingerprint density at radius 2 is 1.96 bits per heavy atom. The van der Waals surface area contributed by atoms with Crippen LogP contribution in [0.5, 0.6) is 0 Å². The zero-order valence-electron chi connectivity index (χ0n) is 15.1. The van der Waals surface area contributed by atoms with Crippen molar-refractivity contribution in [2.75, 3.05) is 19.3 Å². The first-order valence-electron chi connectivity index (χ1n) is 8.60. The lowest BCUT2D eigenvalue weighted by molar-refractivity contribution is -0.121. The Hall–Kier alpha value is -2.71. The van der Waals surface area contributed by atoms with E-state index in [0.29, 0.717) is 6.42 Å². The fourth-order valence-corrected chi connectivity index (χ4v) is 3.63. The Morgan fingerprint density at radius 3 is 2.70 bits per heavy atom. The number of nitrogens with zero attached hydrogens (tertiary/aromatic N) is 2. The minimum Gasteiger partial charge on any atom is -0.361 e. The van der Waals surface area contributed by atoms with Gasteiger partial charge in [0.1, 0.15) is 0 Å². The molecule has 7 nitrogen and oxygen atoms in total. The smallest absolute Gasteiger partial charge is 0.235 e. The maximum absolute atomic E-state index is 12.2. The van der Waals surface area contributed by atoms with Gasteiger partial charge in [0, 0.05) is 29.8 Å². The Kier molecular flexibility index (Phi) is 5.88. The molecular formula is C19H22N4O3S. The molecule has 0 radical (unpaired) electrons. The van der Waals surface area contributed by atoms with Gasteiger partial charge in [0.2, 0.25) is 15.9 Å². The lowest BCUT2D eigenvalue weighted by atomic mass is 10.1. The zero-order chi connectivity index (χ0) is 19.3. The van der Waals surface area contributed by atoms with Gasteiger partial charge in [-0.2, -0.15) is 4.31 Å². The number of carbonyl (C=O) groups is 1. The van der Waals surface area contributed by atoms with E-state index in [0.717, 1.165) is 28.4 Å². The van der Waals surface area contributed by atoms with Crippen molar-refractivity contribution in [3.8, 4) is 0 Å². The van der Waals surface area contributed by atoms with Gasteiger partial charge >= 0.3 is 0 Å². The lowest BCUT2D eigenvalue weighted by Gasteiger charge is -2.19. The van der Waals surface area contributed by atoms with Crippen molar-refractivity contribution in [2.24, 2.45) is 0 Å². The highest BCUT2D eigenvalue weighted by atomic mass is 32.2. The standard InChI is InChI=1S/C19H22N4O3S/c1-27(25,26)23(14-19(24)22-13-16-6-4-5-10-20-16)11-9-15-12-21-18-8-3-2-7-17(15)18/h2-8,10,12,21H,9,11,13-14H2,1H3,(H,22,24). The molecule has 0 aliphatic heterocycles. The Labute approximate surface area is 158 Å². The van der Waals surface area contributed by atoms with E-state index in [1.807, 2.05) is 36.5 Å². The fraction of sp³-hybridized carbons (Fsp3) is 0.263. The van der Waals surface area contributed by atoms with Gasteiger partial charge in [-0.15, -0.1) is 0 Å². The SMILES string of the molecule is CS(=O)(=O)N(CCc1c[nH]c2ccccc12)CC(=O)NCc1ccccn1. The molecule has 142 valence electrons. The van der Waals surface area contributed by atoms with Crippen LogP contribution < -0.4 is 5.32 Å². The van der Waals surface area contributed by atoms with Gasteiger partial charge in [-0.05, 0) is 30.2 Å². The molecule has 0 aliphatic carbocycles. The maximum atomic E-state index is 12.2. The zero-order valence-corrected chi connectivity index (χ0v) is 15.9. The van der Waals surface area contributed by atoms with Crippen LogP contribution in [0.15, 0.2) is 54.9 Å². The van der Waals surface area contributed by atoms with E-state index < -0.39 is 10.0 Å². The van der Waals surface area contributed by atoms with Crippen molar-refractivity contribution in [2.45, 2.75) is 13.0 Å². The first-order valence-corrected chi connectivity index (χ1v) is 10.4. The number of para-hydroxylation sites is 1. The lowest BCUT2D eigenvalue weighted by Crippen LogP contribution is -2.41. The number of hydrogen-bond acceptors (Lipinski definition) is 4. The van der Waals surface area contributed by atoms with Crippen LogP contribution >= 0.6 is 0 Å². The van der Waals surface area contributed by atoms with Crippen LogP contribution in [0, 0.1) is 0 Å². The van der Waals surface area contributed by atoms with Crippen LogP contribution in [0.25, 0.3) is 10.9 Å². The quantitative estimate of drug-likeness (QED) is 0.616. The number of H-pyrrole nitrogens is 1. The monoisotopic (exact) mass is 386 g/mol. The minimum atomic E-state index is -3.50. The molecule has 2 aromatic heterocycles. The molecule has 27 heavy (non-hydrogen) atoms. The molecule has 0 spiro atoms. The molecule has 0 fully saturated rings. The largest absolute Gasteiger partial charge is 0.361 e. The number of fused-ring (bicyclic) bond motifs is 1. The molecule has 2 N–H and O–H groups in total. The van der Waals surface area contributed by atoms with E-state index in [1.54, 1.807) is 18.3 Å². The number of amides is 1. The predicted octanol–water partition coefficient (Wildman–Crippen LogP) is 1.68. The first-order chi connectivity index (χ1) is 12.9. The number of benzene rings is 1. The molecule has 0 unspecified atom stereocenters. The number of rotatable bonds is 8. The Balaban J connectivity index is 1.61. The van der Waals surface area contributed by atoms with Gasteiger partial charge in [-0.25, -0.2) is 8.42 Å². The van der Waals surface area contributed by atoms with Crippen LogP contribution in [0.4, 0.5) is 0 Å². The average molecular weight is 386 g/mol. The van der Waals surface area contributed by atoms with E-state index in [2.05, 4.69) is 15.3 Å². The predicted molar refractivity (Wildman–Crippen MR) is 105 cm³/mol. The fourth-order valence-electron chi connectivity index (χ4n) is 2.85. The van der Waals surface area contributed by atoms with Crippen molar-refractivity contribution in [3.63, 3.8) is 0 Å². The van der Waals surface area contributed by atoms with Crippen molar-refractivity contribution >= 4 is 26.8 Å². The number of nitrogens with one attached hydrogen (secondary N) is 2. The summed E-state index contributed by atoms with van der Waals surface area (Å²) >= 11 is 0. The van der Waals surface area contributed by atoms with Gasteiger partial charge in [0.15, 0.2) is 0 Å². The third-order valence-corrected chi connectivity index (χ3v) is 5.54. The number of aromatic amines is 1. The summed E-state index contributed by atoms with van der Waals surface area (Å²) in [7, 11) is -3.50. The molecule has 1 aromatic carbocycles. The summed E-state index contributed by atoms with van der Waals surface area (Å²) in [4.78, 5) is 19.5. The molecule has 0 aliphatic rings. The summed E-state index contributed by atoms with van der Waals surface area (Å²) in [6.07, 6.45) is 5.16. The van der Waals surface area contributed by atoms with Crippen LogP contribution in [-0.2, 0) is 27.8 Å². The third kappa shape index (κ3) is 5.15. The number of aromatic nitrogens is 2. The third-order valence-electron chi connectivity index (χ3n) is 4.29. The van der Waals surface area contributed by atoms with Crippen LogP contribution in [0.2, 0.25) is 0 Å². The van der Waals surface area contributed by atoms with E-state index in [-0.39, 0.29) is 25.5 Å². The molecule has 0 saturated heterocycles. The molecule has 3 aromatic rings. The number of pyridine rings is 1. The molecule has 1 amide bonds. The summed E-state index contributed by atoms with van der Waals surface area (Å²) in [6, 6.07) is 13.3. The summed E-state index contributed by atoms with van der Waals surface area (Å²) in [5, 5.41) is 3.77. The number of carbonyl (C=O) groups excluding carboxylic acids is 1. The highest BCUT2D eigenvalue weighted by Gasteiger charge is 2.20. The van der Waals surface area contributed by atoms with E-state index in [9.17, 15) is 13.2 Å². The Bertz CT molecular complexity index is 1020. The second-order valence-electron chi connectivity index (χ2n) is 6.30. The van der Waals surface area contributed by atoms with Crippen molar-refractivity contribution in [3.05, 3.63) is 66.1 Å². The van der Waals surface area contributed by atoms with E-state index >= 15 is 0 Å². The second kappa shape index (κ2) is 8.32. The summed E-state index contributed by atoms with van der Waals surface area (Å²) in [6.45, 7) is 0.283. The summed E-state index contributed by atoms with van der Waals surface area (Å²) < 4.78 is 25.4. The minimum absolute atomic E-state index is 0.214. The molecular weight excluding hydrogens is 364 g/mol. The molecule has 3 rings (SSSR count). The van der Waals surface area contributed by atoms with Gasteiger partial charge in [0.05, 0.1) is 25.0 Å². The van der Waals surface area contributed by atoms with Crippen LogP contribution in [-0.4, -0.2) is 47.9 Å².